The Morgan fingerprint density at radius 1 is 1.20 bits per heavy atom. The Labute approximate surface area is 174 Å². The number of carbonyl (C=O) groups is 2. The van der Waals surface area contributed by atoms with Gasteiger partial charge in [0.2, 0.25) is 5.91 Å². The molecule has 8 nitrogen and oxygen atoms in total. The lowest BCUT2D eigenvalue weighted by molar-refractivity contribution is -0.129. The van der Waals surface area contributed by atoms with Gasteiger partial charge in [0.25, 0.3) is 5.91 Å². The fourth-order valence-electron chi connectivity index (χ4n) is 3.64. The number of hydrogen-bond donors (Lipinski definition) is 2. The summed E-state index contributed by atoms with van der Waals surface area (Å²) in [4.78, 5) is 31.3. The number of benzene rings is 1. The molecule has 0 saturated carbocycles. The molecule has 3 aromatic rings. The molecule has 8 heteroatoms. The third-order valence-corrected chi connectivity index (χ3v) is 5.28. The predicted octanol–water partition coefficient (Wildman–Crippen LogP) is 1.64. The number of nitrogens with two attached hydrogens (primary N) is 1. The van der Waals surface area contributed by atoms with Crippen LogP contribution >= 0.6 is 0 Å². The number of anilines is 1. The SMILES string of the molecule is Cn1cc(-c2cnc(N)c(C(=O)N[C@@H]3CCN(C(=O)Cc4ccccc4)C3)c2)cn1. The van der Waals surface area contributed by atoms with Crippen LogP contribution in [0.4, 0.5) is 5.82 Å². The first-order valence-electron chi connectivity index (χ1n) is 9.86. The Morgan fingerprint density at radius 3 is 2.73 bits per heavy atom. The van der Waals surface area contributed by atoms with Crippen LogP contribution in [0, 0.1) is 0 Å². The van der Waals surface area contributed by atoms with Crippen molar-refractivity contribution in [1.82, 2.24) is 25.0 Å². The summed E-state index contributed by atoms with van der Waals surface area (Å²) in [5.41, 5.74) is 8.89. The molecule has 2 amide bonds. The first kappa shape index (κ1) is 19.6. The van der Waals surface area contributed by atoms with Gasteiger partial charge in [0, 0.05) is 49.7 Å². The van der Waals surface area contributed by atoms with E-state index in [1.54, 1.807) is 28.0 Å². The van der Waals surface area contributed by atoms with Gasteiger partial charge in [-0.2, -0.15) is 5.10 Å². The summed E-state index contributed by atoms with van der Waals surface area (Å²) in [7, 11) is 1.83. The van der Waals surface area contributed by atoms with Gasteiger partial charge in [-0.05, 0) is 18.1 Å². The summed E-state index contributed by atoms with van der Waals surface area (Å²) in [6, 6.07) is 11.3. The summed E-state index contributed by atoms with van der Waals surface area (Å²) >= 11 is 0. The lowest BCUT2D eigenvalue weighted by atomic mass is 10.1. The molecule has 1 aromatic carbocycles. The van der Waals surface area contributed by atoms with Crippen LogP contribution in [0.2, 0.25) is 0 Å². The second kappa shape index (κ2) is 8.36. The fourth-order valence-corrected chi connectivity index (χ4v) is 3.64. The second-order valence-electron chi connectivity index (χ2n) is 7.52. The second-order valence-corrected chi connectivity index (χ2v) is 7.52. The quantitative estimate of drug-likeness (QED) is 0.672. The number of nitrogens with one attached hydrogen (secondary N) is 1. The zero-order valence-corrected chi connectivity index (χ0v) is 16.8. The molecule has 1 saturated heterocycles. The van der Waals surface area contributed by atoms with Crippen molar-refractivity contribution in [2.24, 2.45) is 7.05 Å². The van der Waals surface area contributed by atoms with Gasteiger partial charge in [-0.15, -0.1) is 0 Å². The smallest absolute Gasteiger partial charge is 0.255 e. The molecule has 0 spiro atoms. The van der Waals surface area contributed by atoms with E-state index >= 15 is 0 Å². The van der Waals surface area contributed by atoms with Gasteiger partial charge in [-0.25, -0.2) is 4.98 Å². The molecule has 3 heterocycles. The molecule has 0 radical (unpaired) electrons. The molecule has 1 aliphatic rings. The van der Waals surface area contributed by atoms with Crippen molar-refractivity contribution >= 4 is 17.6 Å². The maximum atomic E-state index is 12.8. The van der Waals surface area contributed by atoms with E-state index in [1.165, 1.54) is 0 Å². The van der Waals surface area contributed by atoms with Crippen LogP contribution in [0.25, 0.3) is 11.1 Å². The lowest BCUT2D eigenvalue weighted by Gasteiger charge is -2.17. The average molecular weight is 404 g/mol. The summed E-state index contributed by atoms with van der Waals surface area (Å²) in [5.74, 6) is -0.0408. The van der Waals surface area contributed by atoms with Crippen molar-refractivity contribution in [3.63, 3.8) is 0 Å². The van der Waals surface area contributed by atoms with Crippen LogP contribution in [0.3, 0.4) is 0 Å². The van der Waals surface area contributed by atoms with Gasteiger partial charge in [-0.1, -0.05) is 30.3 Å². The molecular formula is C22H24N6O2. The van der Waals surface area contributed by atoms with Crippen LogP contribution in [0.1, 0.15) is 22.3 Å². The molecule has 0 bridgehead atoms. The summed E-state index contributed by atoms with van der Waals surface area (Å²) in [5, 5.41) is 7.14. The fraction of sp³-hybridized carbons (Fsp3) is 0.273. The number of pyridine rings is 1. The topological polar surface area (TPSA) is 106 Å². The zero-order valence-electron chi connectivity index (χ0n) is 16.8. The molecule has 2 aromatic heterocycles. The van der Waals surface area contributed by atoms with Gasteiger partial charge in [0.15, 0.2) is 0 Å². The molecule has 30 heavy (non-hydrogen) atoms. The van der Waals surface area contributed by atoms with E-state index in [0.29, 0.717) is 31.5 Å². The van der Waals surface area contributed by atoms with Crippen molar-refractivity contribution in [3.8, 4) is 11.1 Å². The first-order chi connectivity index (χ1) is 14.5. The molecule has 154 valence electrons. The highest BCUT2D eigenvalue weighted by molar-refractivity contribution is 5.99. The molecule has 3 N–H and O–H groups in total. The van der Waals surface area contributed by atoms with Gasteiger partial charge in [0.05, 0.1) is 18.2 Å². The van der Waals surface area contributed by atoms with E-state index in [-0.39, 0.29) is 23.7 Å². The van der Waals surface area contributed by atoms with E-state index in [9.17, 15) is 9.59 Å². The number of carbonyl (C=O) groups excluding carboxylic acids is 2. The number of amides is 2. The monoisotopic (exact) mass is 404 g/mol. The van der Waals surface area contributed by atoms with E-state index in [2.05, 4.69) is 15.4 Å². The van der Waals surface area contributed by atoms with Crippen LogP contribution in [0.5, 0.6) is 0 Å². The molecule has 1 fully saturated rings. The minimum atomic E-state index is -0.284. The molecule has 0 aliphatic carbocycles. The van der Waals surface area contributed by atoms with Crippen molar-refractivity contribution in [3.05, 3.63) is 66.1 Å². The van der Waals surface area contributed by atoms with Gasteiger partial charge in [0.1, 0.15) is 5.82 Å². The predicted molar refractivity (Wildman–Crippen MR) is 113 cm³/mol. The van der Waals surface area contributed by atoms with E-state index in [4.69, 9.17) is 5.73 Å². The number of rotatable bonds is 5. The Kier molecular flexibility index (Phi) is 5.47. The first-order valence-corrected chi connectivity index (χ1v) is 9.86. The summed E-state index contributed by atoms with van der Waals surface area (Å²) in [6.07, 6.45) is 6.26. The van der Waals surface area contributed by atoms with E-state index < -0.39 is 0 Å². The van der Waals surface area contributed by atoms with Crippen molar-refractivity contribution in [2.75, 3.05) is 18.8 Å². The average Bonchev–Trinajstić information content (AvgIpc) is 3.38. The minimum Gasteiger partial charge on any atom is -0.383 e. The van der Waals surface area contributed by atoms with Crippen LogP contribution in [-0.2, 0) is 18.3 Å². The third kappa shape index (κ3) is 4.32. The minimum absolute atomic E-state index is 0.0673. The highest BCUT2D eigenvalue weighted by Crippen LogP contribution is 2.22. The zero-order chi connectivity index (χ0) is 21.1. The Morgan fingerprint density at radius 2 is 2.00 bits per heavy atom. The third-order valence-electron chi connectivity index (χ3n) is 5.28. The number of likely N-dealkylation sites (tertiary alicyclic amines) is 1. The van der Waals surface area contributed by atoms with Crippen molar-refractivity contribution in [2.45, 2.75) is 18.9 Å². The molecular weight excluding hydrogens is 380 g/mol. The molecule has 0 unspecified atom stereocenters. The highest BCUT2D eigenvalue weighted by atomic mass is 16.2. The number of aryl methyl sites for hydroxylation is 1. The van der Waals surface area contributed by atoms with Crippen LogP contribution in [0.15, 0.2) is 55.0 Å². The normalized spacial score (nSPS) is 15.9. The van der Waals surface area contributed by atoms with E-state index in [1.807, 2.05) is 43.6 Å². The summed E-state index contributed by atoms with van der Waals surface area (Å²) in [6.45, 7) is 1.12. The number of nitrogen functional groups attached to an aromatic ring is 1. The van der Waals surface area contributed by atoms with Gasteiger partial charge in [-0.3, -0.25) is 14.3 Å². The highest BCUT2D eigenvalue weighted by Gasteiger charge is 2.28. The van der Waals surface area contributed by atoms with Crippen LogP contribution < -0.4 is 11.1 Å². The largest absolute Gasteiger partial charge is 0.383 e. The lowest BCUT2D eigenvalue weighted by Crippen LogP contribution is -2.39. The number of nitrogens with zero attached hydrogens (tertiary/aromatic N) is 4. The number of hydrogen-bond acceptors (Lipinski definition) is 5. The van der Waals surface area contributed by atoms with Gasteiger partial charge < -0.3 is 16.0 Å². The standard InChI is InChI=1S/C22H24N6O2/c1-27-13-17(12-25-27)16-10-19(21(23)24-11-16)22(30)26-18-7-8-28(14-18)20(29)9-15-5-3-2-4-6-15/h2-6,10-13,18H,7-9,14H2,1H3,(H2,23,24)(H,26,30)/t18-/m1/s1. The number of aromatic nitrogens is 3. The molecule has 1 atom stereocenters. The van der Waals surface area contributed by atoms with Crippen LogP contribution in [-0.4, -0.2) is 50.6 Å². The van der Waals surface area contributed by atoms with Gasteiger partial charge >= 0.3 is 0 Å². The Balaban J connectivity index is 1.39. The van der Waals surface area contributed by atoms with Crippen molar-refractivity contribution < 1.29 is 9.59 Å². The van der Waals surface area contributed by atoms with Crippen molar-refractivity contribution in [1.29, 1.82) is 0 Å². The Bertz CT molecular complexity index is 1060. The maximum Gasteiger partial charge on any atom is 0.255 e. The van der Waals surface area contributed by atoms with E-state index in [0.717, 1.165) is 16.7 Å². The summed E-state index contributed by atoms with van der Waals surface area (Å²) < 4.78 is 1.69. The molecule has 1 aliphatic heterocycles. The maximum absolute atomic E-state index is 12.8. The molecule has 4 rings (SSSR count). The Hall–Kier alpha value is -3.68.